The molecule has 0 heterocycles. The molecule has 118 valence electrons. The molecule has 1 saturated carbocycles. The van der Waals surface area contributed by atoms with Crippen molar-refractivity contribution in [2.45, 2.75) is 45.2 Å². The van der Waals surface area contributed by atoms with Crippen LogP contribution in [-0.2, 0) is 0 Å². The Bertz CT molecular complexity index is 446. The van der Waals surface area contributed by atoms with Crippen LogP contribution in [0.2, 0.25) is 0 Å². The average Bonchev–Trinajstić information content (AvgIpc) is 2.44. The molecule has 1 aromatic rings. The highest BCUT2D eigenvalue weighted by atomic mass is 16.5. The molecule has 1 atom stereocenters. The van der Waals surface area contributed by atoms with Crippen molar-refractivity contribution < 1.29 is 9.84 Å². The van der Waals surface area contributed by atoms with Gasteiger partial charge in [0.05, 0.1) is 13.7 Å². The standard InChI is InChI=1S/C17H28N2O2/c1-4-18-13(2)17-15(9-6-10-16(17)21-3)19(11-12-20)14-7-5-8-14/h6,9-10,13-14,18,20H,4-5,7-8,11-12H2,1-3H3. The molecule has 0 aromatic heterocycles. The summed E-state index contributed by atoms with van der Waals surface area (Å²) in [5, 5.41) is 12.9. The van der Waals surface area contributed by atoms with Crippen LogP contribution in [0.25, 0.3) is 0 Å². The van der Waals surface area contributed by atoms with Crippen molar-refractivity contribution in [3.05, 3.63) is 23.8 Å². The van der Waals surface area contributed by atoms with E-state index in [4.69, 9.17) is 4.74 Å². The van der Waals surface area contributed by atoms with Gasteiger partial charge in [0.15, 0.2) is 0 Å². The number of ether oxygens (including phenoxy) is 1. The molecule has 0 spiro atoms. The van der Waals surface area contributed by atoms with E-state index in [0.717, 1.165) is 12.3 Å². The van der Waals surface area contributed by atoms with Crippen LogP contribution >= 0.6 is 0 Å². The molecule has 0 bridgehead atoms. The molecule has 0 amide bonds. The average molecular weight is 292 g/mol. The van der Waals surface area contributed by atoms with Crippen molar-refractivity contribution in [2.75, 3.05) is 31.7 Å². The third-order valence-corrected chi connectivity index (χ3v) is 4.37. The molecule has 0 radical (unpaired) electrons. The molecule has 1 aromatic carbocycles. The van der Waals surface area contributed by atoms with E-state index in [9.17, 15) is 5.11 Å². The number of nitrogens with zero attached hydrogens (tertiary/aromatic N) is 1. The number of aliphatic hydroxyl groups is 1. The van der Waals surface area contributed by atoms with Crippen molar-refractivity contribution in [3.8, 4) is 5.75 Å². The zero-order valence-electron chi connectivity index (χ0n) is 13.4. The maximum absolute atomic E-state index is 9.44. The predicted molar refractivity (Wildman–Crippen MR) is 87.2 cm³/mol. The van der Waals surface area contributed by atoms with Gasteiger partial charge in [0.1, 0.15) is 5.75 Å². The molecule has 0 saturated heterocycles. The molecule has 2 N–H and O–H groups in total. The molecule has 1 unspecified atom stereocenters. The van der Waals surface area contributed by atoms with Crippen LogP contribution < -0.4 is 15.0 Å². The predicted octanol–water partition coefficient (Wildman–Crippen LogP) is 2.72. The highest BCUT2D eigenvalue weighted by molar-refractivity contribution is 5.61. The van der Waals surface area contributed by atoms with Gasteiger partial charge in [-0.2, -0.15) is 0 Å². The number of methoxy groups -OCH3 is 1. The summed E-state index contributed by atoms with van der Waals surface area (Å²) in [7, 11) is 1.72. The second kappa shape index (κ2) is 7.66. The first kappa shape index (κ1) is 16.1. The summed E-state index contributed by atoms with van der Waals surface area (Å²) >= 11 is 0. The zero-order valence-corrected chi connectivity index (χ0v) is 13.4. The smallest absolute Gasteiger partial charge is 0.125 e. The Kier molecular flexibility index (Phi) is 5.88. The van der Waals surface area contributed by atoms with Gasteiger partial charge in [-0.25, -0.2) is 0 Å². The van der Waals surface area contributed by atoms with E-state index in [2.05, 4.69) is 30.1 Å². The summed E-state index contributed by atoms with van der Waals surface area (Å²) in [4.78, 5) is 2.36. The fourth-order valence-electron chi connectivity index (χ4n) is 3.11. The van der Waals surface area contributed by atoms with E-state index in [1.807, 2.05) is 12.1 Å². The fourth-order valence-corrected chi connectivity index (χ4v) is 3.11. The van der Waals surface area contributed by atoms with Gasteiger partial charge in [-0.3, -0.25) is 0 Å². The lowest BCUT2D eigenvalue weighted by Crippen LogP contribution is -2.42. The van der Waals surface area contributed by atoms with E-state index in [-0.39, 0.29) is 12.6 Å². The van der Waals surface area contributed by atoms with Gasteiger partial charge in [0, 0.05) is 29.9 Å². The number of nitrogens with one attached hydrogen (secondary N) is 1. The van der Waals surface area contributed by atoms with Crippen molar-refractivity contribution >= 4 is 5.69 Å². The highest BCUT2D eigenvalue weighted by Crippen LogP contribution is 2.38. The second-order valence-corrected chi connectivity index (χ2v) is 5.67. The van der Waals surface area contributed by atoms with Gasteiger partial charge in [0.2, 0.25) is 0 Å². The van der Waals surface area contributed by atoms with Crippen LogP contribution in [0.5, 0.6) is 5.75 Å². The first-order chi connectivity index (χ1) is 10.2. The van der Waals surface area contributed by atoms with Crippen molar-refractivity contribution in [1.82, 2.24) is 5.32 Å². The molecular formula is C17H28N2O2. The Labute approximate surface area is 128 Å². The summed E-state index contributed by atoms with van der Waals surface area (Å²) < 4.78 is 5.58. The maximum Gasteiger partial charge on any atom is 0.125 e. The van der Waals surface area contributed by atoms with Gasteiger partial charge in [-0.1, -0.05) is 13.0 Å². The summed E-state index contributed by atoms with van der Waals surface area (Å²) in [5.74, 6) is 0.920. The monoisotopic (exact) mass is 292 g/mol. The van der Waals surface area contributed by atoms with Gasteiger partial charge in [-0.15, -0.1) is 0 Å². The molecular weight excluding hydrogens is 264 g/mol. The topological polar surface area (TPSA) is 44.7 Å². The van der Waals surface area contributed by atoms with E-state index in [0.29, 0.717) is 12.6 Å². The Morgan fingerprint density at radius 3 is 2.71 bits per heavy atom. The lowest BCUT2D eigenvalue weighted by molar-refractivity contribution is 0.283. The second-order valence-electron chi connectivity index (χ2n) is 5.67. The maximum atomic E-state index is 9.44. The lowest BCUT2D eigenvalue weighted by Gasteiger charge is -2.40. The SMILES string of the molecule is CCNC(C)c1c(OC)cccc1N(CCO)C1CCC1. The molecule has 4 heteroatoms. The Morgan fingerprint density at radius 1 is 1.43 bits per heavy atom. The minimum Gasteiger partial charge on any atom is -0.496 e. The van der Waals surface area contributed by atoms with Crippen molar-refractivity contribution in [2.24, 2.45) is 0 Å². The van der Waals surface area contributed by atoms with Crippen LogP contribution in [0.15, 0.2) is 18.2 Å². The number of hydrogen-bond donors (Lipinski definition) is 2. The molecule has 1 fully saturated rings. The first-order valence-electron chi connectivity index (χ1n) is 8.00. The number of hydrogen-bond acceptors (Lipinski definition) is 4. The molecule has 1 aliphatic rings. The van der Waals surface area contributed by atoms with E-state index in [1.54, 1.807) is 7.11 Å². The minimum absolute atomic E-state index is 0.183. The fraction of sp³-hybridized carbons (Fsp3) is 0.647. The highest BCUT2D eigenvalue weighted by Gasteiger charge is 2.28. The quantitative estimate of drug-likeness (QED) is 0.773. The van der Waals surface area contributed by atoms with E-state index < -0.39 is 0 Å². The number of anilines is 1. The lowest BCUT2D eigenvalue weighted by atomic mass is 9.90. The summed E-state index contributed by atoms with van der Waals surface area (Å²) in [5.41, 5.74) is 2.39. The van der Waals surface area contributed by atoms with Crippen molar-refractivity contribution in [1.29, 1.82) is 0 Å². The summed E-state index contributed by atoms with van der Waals surface area (Å²) in [6.45, 7) is 6.07. The molecule has 0 aliphatic heterocycles. The summed E-state index contributed by atoms with van der Waals surface area (Å²) in [6.07, 6.45) is 3.72. The Morgan fingerprint density at radius 2 is 2.19 bits per heavy atom. The van der Waals surface area contributed by atoms with Gasteiger partial charge < -0.3 is 20.1 Å². The summed E-state index contributed by atoms with van der Waals surface area (Å²) in [6, 6.07) is 6.99. The first-order valence-corrected chi connectivity index (χ1v) is 8.00. The zero-order chi connectivity index (χ0) is 15.2. The molecule has 4 nitrogen and oxygen atoms in total. The number of rotatable bonds is 8. The van der Waals surface area contributed by atoms with E-state index >= 15 is 0 Å². The van der Waals surface area contributed by atoms with Crippen LogP contribution in [0.1, 0.15) is 44.7 Å². The van der Waals surface area contributed by atoms with Crippen LogP contribution in [0.3, 0.4) is 0 Å². The normalized spacial score (nSPS) is 16.4. The molecule has 2 rings (SSSR count). The van der Waals surface area contributed by atoms with Crippen LogP contribution in [0.4, 0.5) is 5.69 Å². The molecule has 1 aliphatic carbocycles. The van der Waals surface area contributed by atoms with Gasteiger partial charge in [-0.05, 0) is 44.9 Å². The number of aliphatic hydroxyl groups excluding tert-OH is 1. The Balaban J connectivity index is 2.39. The minimum atomic E-state index is 0.183. The number of benzene rings is 1. The largest absolute Gasteiger partial charge is 0.496 e. The third-order valence-electron chi connectivity index (χ3n) is 4.37. The van der Waals surface area contributed by atoms with Crippen LogP contribution in [0, 0.1) is 0 Å². The third kappa shape index (κ3) is 3.50. The van der Waals surface area contributed by atoms with Gasteiger partial charge in [0.25, 0.3) is 0 Å². The van der Waals surface area contributed by atoms with Crippen molar-refractivity contribution in [3.63, 3.8) is 0 Å². The Hall–Kier alpha value is -1.26. The van der Waals surface area contributed by atoms with Crippen LogP contribution in [-0.4, -0.2) is 38.0 Å². The van der Waals surface area contributed by atoms with Gasteiger partial charge >= 0.3 is 0 Å². The molecule has 21 heavy (non-hydrogen) atoms. The van der Waals surface area contributed by atoms with E-state index in [1.165, 1.54) is 30.5 Å².